The topological polar surface area (TPSA) is 29.9 Å². The average molecular weight is 271 g/mol. The van der Waals surface area contributed by atoms with Gasteiger partial charge in [-0.3, -0.25) is 0 Å². The van der Waals surface area contributed by atoms with Gasteiger partial charge >= 0.3 is 0 Å². The summed E-state index contributed by atoms with van der Waals surface area (Å²) in [5.41, 5.74) is 1.57. The van der Waals surface area contributed by atoms with Gasteiger partial charge in [-0.05, 0) is 39.2 Å². The number of benzene rings is 1. The Hall–Kier alpha value is -1.61. The van der Waals surface area contributed by atoms with Gasteiger partial charge in [-0.25, -0.2) is 4.98 Å². The summed E-state index contributed by atoms with van der Waals surface area (Å²) in [6.45, 7) is 8.54. The van der Waals surface area contributed by atoms with E-state index in [-0.39, 0.29) is 5.54 Å². The predicted octanol–water partition coefficient (Wildman–Crippen LogP) is 3.19. The normalized spacial score (nSPS) is 11.8. The molecule has 20 heavy (non-hydrogen) atoms. The van der Waals surface area contributed by atoms with Gasteiger partial charge in [0.1, 0.15) is 5.82 Å². The lowest BCUT2D eigenvalue weighted by molar-refractivity contribution is 0.354. The summed E-state index contributed by atoms with van der Waals surface area (Å²) in [6, 6.07) is 10.7. The highest BCUT2D eigenvalue weighted by molar-refractivity contribution is 5.15. The van der Waals surface area contributed by atoms with Crippen LogP contribution in [0.1, 0.15) is 31.7 Å². The van der Waals surface area contributed by atoms with E-state index in [4.69, 9.17) is 0 Å². The van der Waals surface area contributed by atoms with Crippen molar-refractivity contribution in [3.8, 4) is 0 Å². The second-order valence-corrected chi connectivity index (χ2v) is 5.96. The molecule has 1 aromatic heterocycles. The number of aromatic nitrogens is 2. The number of rotatable bonds is 7. The van der Waals surface area contributed by atoms with Crippen molar-refractivity contribution in [2.45, 2.75) is 45.7 Å². The SMILES string of the molecule is Cc1nccn1CCNC(C)(C)CCc1ccccc1. The highest BCUT2D eigenvalue weighted by Crippen LogP contribution is 2.13. The van der Waals surface area contributed by atoms with Crippen molar-refractivity contribution in [3.63, 3.8) is 0 Å². The number of hydrogen-bond donors (Lipinski definition) is 1. The van der Waals surface area contributed by atoms with E-state index in [1.54, 1.807) is 0 Å². The van der Waals surface area contributed by atoms with Gasteiger partial charge < -0.3 is 9.88 Å². The first kappa shape index (κ1) is 14.8. The summed E-state index contributed by atoms with van der Waals surface area (Å²) in [7, 11) is 0. The maximum Gasteiger partial charge on any atom is 0.105 e. The molecule has 0 aliphatic heterocycles. The summed E-state index contributed by atoms with van der Waals surface area (Å²) >= 11 is 0. The van der Waals surface area contributed by atoms with Crippen molar-refractivity contribution < 1.29 is 0 Å². The van der Waals surface area contributed by atoms with Gasteiger partial charge in [0, 0.05) is 31.0 Å². The third-order valence-corrected chi connectivity index (χ3v) is 3.76. The lowest BCUT2D eigenvalue weighted by Gasteiger charge is -2.26. The molecule has 2 rings (SSSR count). The number of hydrogen-bond acceptors (Lipinski definition) is 2. The minimum absolute atomic E-state index is 0.157. The Bertz CT molecular complexity index is 514. The first-order chi connectivity index (χ1) is 9.57. The van der Waals surface area contributed by atoms with Gasteiger partial charge in [-0.15, -0.1) is 0 Å². The fourth-order valence-electron chi connectivity index (χ4n) is 2.34. The fourth-order valence-corrected chi connectivity index (χ4v) is 2.34. The summed E-state index contributed by atoms with van der Waals surface area (Å²) in [4.78, 5) is 4.24. The van der Waals surface area contributed by atoms with Crippen molar-refractivity contribution >= 4 is 0 Å². The molecule has 0 aliphatic carbocycles. The van der Waals surface area contributed by atoms with E-state index in [0.717, 1.165) is 31.8 Å². The van der Waals surface area contributed by atoms with Gasteiger partial charge in [0.05, 0.1) is 0 Å². The lowest BCUT2D eigenvalue weighted by Crippen LogP contribution is -2.41. The maximum atomic E-state index is 4.24. The molecule has 0 saturated carbocycles. The Labute approximate surface area is 122 Å². The molecule has 0 amide bonds. The van der Waals surface area contributed by atoms with Crippen molar-refractivity contribution in [1.82, 2.24) is 14.9 Å². The molecule has 3 nitrogen and oxygen atoms in total. The molecule has 2 aromatic rings. The minimum Gasteiger partial charge on any atom is -0.334 e. The van der Waals surface area contributed by atoms with Crippen LogP contribution in [0.4, 0.5) is 0 Å². The van der Waals surface area contributed by atoms with Crippen LogP contribution in [0.2, 0.25) is 0 Å². The smallest absolute Gasteiger partial charge is 0.105 e. The van der Waals surface area contributed by atoms with E-state index >= 15 is 0 Å². The van der Waals surface area contributed by atoms with E-state index in [9.17, 15) is 0 Å². The Morgan fingerprint density at radius 1 is 1.20 bits per heavy atom. The molecule has 108 valence electrons. The van der Waals surface area contributed by atoms with E-state index in [1.165, 1.54) is 5.56 Å². The minimum atomic E-state index is 0.157. The molecule has 0 atom stereocenters. The van der Waals surface area contributed by atoms with Crippen LogP contribution in [0.25, 0.3) is 0 Å². The Kier molecular flexibility index (Phi) is 4.96. The Morgan fingerprint density at radius 3 is 2.60 bits per heavy atom. The van der Waals surface area contributed by atoms with Crippen LogP contribution in [0.5, 0.6) is 0 Å². The Morgan fingerprint density at radius 2 is 1.95 bits per heavy atom. The molecule has 3 heteroatoms. The first-order valence-corrected chi connectivity index (χ1v) is 7.33. The van der Waals surface area contributed by atoms with Crippen LogP contribution in [0, 0.1) is 6.92 Å². The summed E-state index contributed by atoms with van der Waals surface area (Å²) < 4.78 is 2.18. The van der Waals surface area contributed by atoms with Crippen molar-refractivity contribution in [2.75, 3.05) is 6.54 Å². The molecule has 1 aromatic carbocycles. The molecule has 0 spiro atoms. The zero-order chi connectivity index (χ0) is 14.4. The average Bonchev–Trinajstić information content (AvgIpc) is 2.83. The molecule has 1 N–H and O–H groups in total. The second-order valence-electron chi connectivity index (χ2n) is 5.96. The first-order valence-electron chi connectivity index (χ1n) is 7.33. The molecule has 0 aliphatic rings. The van der Waals surface area contributed by atoms with Gasteiger partial charge in [0.15, 0.2) is 0 Å². The monoisotopic (exact) mass is 271 g/mol. The van der Waals surface area contributed by atoms with Crippen LogP contribution in [0.3, 0.4) is 0 Å². The lowest BCUT2D eigenvalue weighted by atomic mass is 9.95. The van der Waals surface area contributed by atoms with Gasteiger partial charge in [0.2, 0.25) is 0 Å². The van der Waals surface area contributed by atoms with Crippen LogP contribution in [0.15, 0.2) is 42.7 Å². The quantitative estimate of drug-likeness (QED) is 0.838. The second kappa shape index (κ2) is 6.71. The summed E-state index contributed by atoms with van der Waals surface area (Å²) in [5, 5.41) is 3.65. The van der Waals surface area contributed by atoms with Crippen molar-refractivity contribution in [3.05, 3.63) is 54.1 Å². The maximum absolute atomic E-state index is 4.24. The van der Waals surface area contributed by atoms with Crippen LogP contribution in [-0.4, -0.2) is 21.6 Å². The fraction of sp³-hybridized carbons (Fsp3) is 0.471. The van der Waals surface area contributed by atoms with Crippen LogP contribution < -0.4 is 5.32 Å². The number of imidazole rings is 1. The van der Waals surface area contributed by atoms with E-state index in [0.29, 0.717) is 0 Å². The van der Waals surface area contributed by atoms with Crippen LogP contribution in [-0.2, 0) is 13.0 Å². The highest BCUT2D eigenvalue weighted by atomic mass is 15.1. The van der Waals surface area contributed by atoms with E-state index in [2.05, 4.69) is 59.0 Å². The molecule has 0 saturated heterocycles. The zero-order valence-corrected chi connectivity index (χ0v) is 12.8. The summed E-state index contributed by atoms with van der Waals surface area (Å²) in [6.07, 6.45) is 6.15. The predicted molar refractivity (Wildman–Crippen MR) is 83.8 cm³/mol. The third kappa shape index (κ3) is 4.49. The summed E-state index contributed by atoms with van der Waals surface area (Å²) in [5.74, 6) is 1.08. The van der Waals surface area contributed by atoms with Crippen LogP contribution >= 0.6 is 0 Å². The third-order valence-electron chi connectivity index (χ3n) is 3.76. The number of nitrogens with zero attached hydrogens (tertiary/aromatic N) is 2. The molecule has 0 bridgehead atoms. The van der Waals surface area contributed by atoms with Gasteiger partial charge in [-0.2, -0.15) is 0 Å². The molecule has 0 fully saturated rings. The standard InChI is InChI=1S/C17H25N3/c1-15-18-11-13-20(15)14-12-19-17(2,3)10-9-16-7-5-4-6-8-16/h4-8,11,13,19H,9-10,12,14H2,1-3H3. The zero-order valence-electron chi connectivity index (χ0n) is 12.8. The van der Waals surface area contributed by atoms with E-state index < -0.39 is 0 Å². The van der Waals surface area contributed by atoms with Gasteiger partial charge in [-0.1, -0.05) is 30.3 Å². The van der Waals surface area contributed by atoms with E-state index in [1.807, 2.05) is 19.3 Å². The van der Waals surface area contributed by atoms with Crippen molar-refractivity contribution in [1.29, 1.82) is 0 Å². The number of aryl methyl sites for hydroxylation is 2. The largest absolute Gasteiger partial charge is 0.334 e. The van der Waals surface area contributed by atoms with Gasteiger partial charge in [0.25, 0.3) is 0 Å². The Balaban J connectivity index is 1.75. The molecule has 1 heterocycles. The molecule has 0 unspecified atom stereocenters. The molecular formula is C17H25N3. The molecule has 0 radical (unpaired) electrons. The molecular weight excluding hydrogens is 246 g/mol. The van der Waals surface area contributed by atoms with Crippen molar-refractivity contribution in [2.24, 2.45) is 0 Å². The number of nitrogens with one attached hydrogen (secondary N) is 1. The highest BCUT2D eigenvalue weighted by Gasteiger charge is 2.16.